The predicted molar refractivity (Wildman–Crippen MR) is 88.8 cm³/mol. The number of aliphatic carboxylic acids is 1. The van der Waals surface area contributed by atoms with Crippen molar-refractivity contribution in [3.05, 3.63) is 53.3 Å². The zero-order valence-electron chi connectivity index (χ0n) is 13.0. The molecule has 2 aromatic rings. The van der Waals surface area contributed by atoms with Gasteiger partial charge in [-0.05, 0) is 37.3 Å². The molecule has 0 aliphatic rings. The molecule has 0 spiro atoms. The van der Waals surface area contributed by atoms with E-state index < -0.39 is 17.8 Å². The zero-order valence-corrected chi connectivity index (χ0v) is 13.9. The maximum Gasteiger partial charge on any atom is 0.308 e. The minimum atomic E-state index is -0.934. The highest BCUT2D eigenvalue weighted by Gasteiger charge is 2.20. The van der Waals surface area contributed by atoms with Crippen LogP contribution in [-0.2, 0) is 11.2 Å². The minimum Gasteiger partial charge on any atom is -0.481 e. The Labute approximate surface area is 139 Å². The van der Waals surface area contributed by atoms with Gasteiger partial charge in [0.05, 0.1) is 5.92 Å². The number of carboxylic acid groups (broad SMARTS) is 1. The van der Waals surface area contributed by atoms with Crippen LogP contribution in [-0.4, -0.2) is 29.8 Å². The number of hydrogen-bond donors (Lipinski definition) is 2. The van der Waals surface area contributed by atoms with Crippen LogP contribution in [0.5, 0.6) is 0 Å². The largest absolute Gasteiger partial charge is 0.481 e. The molecule has 1 aromatic carbocycles. The van der Waals surface area contributed by atoms with Crippen LogP contribution in [0.15, 0.2) is 45.9 Å². The molecule has 0 radical (unpaired) electrons. The van der Waals surface area contributed by atoms with Crippen molar-refractivity contribution in [3.8, 4) is 0 Å². The number of carbonyl (C=O) groups excluding carboxylic acids is 1. The van der Waals surface area contributed by atoms with Crippen LogP contribution >= 0.6 is 11.8 Å². The molecule has 0 unspecified atom stereocenters. The lowest BCUT2D eigenvalue weighted by Crippen LogP contribution is -2.34. The van der Waals surface area contributed by atoms with E-state index in [1.165, 1.54) is 11.8 Å². The van der Waals surface area contributed by atoms with Crippen LogP contribution in [0, 0.1) is 12.8 Å². The van der Waals surface area contributed by atoms with Crippen molar-refractivity contribution in [2.45, 2.75) is 18.4 Å². The third-order valence-corrected chi connectivity index (χ3v) is 4.05. The molecule has 0 aliphatic heterocycles. The van der Waals surface area contributed by atoms with E-state index in [4.69, 9.17) is 4.42 Å². The second kappa shape index (κ2) is 7.87. The lowest BCUT2D eigenvalue weighted by atomic mass is 9.98. The fraction of sp³-hybridized carbons (Fsp3) is 0.294. The van der Waals surface area contributed by atoms with Gasteiger partial charge in [-0.3, -0.25) is 9.59 Å². The first kappa shape index (κ1) is 17.1. The number of amides is 1. The lowest BCUT2D eigenvalue weighted by Gasteiger charge is -2.13. The summed E-state index contributed by atoms with van der Waals surface area (Å²) in [7, 11) is 0. The molecule has 2 rings (SSSR count). The normalized spacial score (nSPS) is 11.9. The van der Waals surface area contributed by atoms with Gasteiger partial charge in [0, 0.05) is 6.54 Å². The summed E-state index contributed by atoms with van der Waals surface area (Å²) in [6, 6.07) is 11.0. The lowest BCUT2D eigenvalue weighted by molar-refractivity contribution is -0.141. The van der Waals surface area contributed by atoms with Gasteiger partial charge in [0.1, 0.15) is 0 Å². The molecule has 1 atom stereocenters. The number of nitrogens with one attached hydrogen (secondary N) is 1. The van der Waals surface area contributed by atoms with Gasteiger partial charge in [0.25, 0.3) is 5.91 Å². The Hall–Kier alpha value is -2.21. The standard InChI is InChI=1S/C17H19NO4S/c1-11-4-3-5-12(8-11)9-13(17(20)21)10-18-16(19)14-6-7-15(22-14)23-2/h3-8,13H,9-10H2,1-2H3,(H,18,19)(H,20,21)/t13-/m1/s1. The summed E-state index contributed by atoms with van der Waals surface area (Å²) in [5.41, 5.74) is 2.02. The Morgan fingerprint density at radius 2 is 2.09 bits per heavy atom. The summed E-state index contributed by atoms with van der Waals surface area (Å²) in [4.78, 5) is 23.4. The van der Waals surface area contributed by atoms with Gasteiger partial charge in [-0.1, -0.05) is 41.6 Å². The molecule has 23 heavy (non-hydrogen) atoms. The molecular weight excluding hydrogens is 314 g/mol. The Morgan fingerprint density at radius 3 is 2.70 bits per heavy atom. The highest BCUT2D eigenvalue weighted by Crippen LogP contribution is 2.18. The Bertz CT molecular complexity index is 695. The summed E-state index contributed by atoms with van der Waals surface area (Å²) in [6.45, 7) is 2.01. The molecule has 122 valence electrons. The maximum absolute atomic E-state index is 12.0. The maximum atomic E-state index is 12.0. The van der Waals surface area contributed by atoms with E-state index in [0.717, 1.165) is 11.1 Å². The average molecular weight is 333 g/mol. The van der Waals surface area contributed by atoms with Gasteiger partial charge in [-0.25, -0.2) is 0 Å². The fourth-order valence-electron chi connectivity index (χ4n) is 2.23. The van der Waals surface area contributed by atoms with Crippen LogP contribution in [0.2, 0.25) is 0 Å². The van der Waals surface area contributed by atoms with Crippen LogP contribution in [0.3, 0.4) is 0 Å². The van der Waals surface area contributed by atoms with Gasteiger partial charge < -0.3 is 14.8 Å². The number of rotatable bonds is 7. The number of carbonyl (C=O) groups is 2. The number of aryl methyl sites for hydroxylation is 1. The Kier molecular flexibility index (Phi) is 5.87. The molecule has 6 heteroatoms. The van der Waals surface area contributed by atoms with Crippen molar-refractivity contribution in [2.24, 2.45) is 5.92 Å². The number of carboxylic acids is 1. The molecule has 0 saturated heterocycles. The van der Waals surface area contributed by atoms with E-state index in [2.05, 4.69) is 5.32 Å². The highest BCUT2D eigenvalue weighted by molar-refractivity contribution is 7.98. The van der Waals surface area contributed by atoms with E-state index in [1.807, 2.05) is 37.4 Å². The number of furan rings is 1. The Morgan fingerprint density at radius 1 is 1.30 bits per heavy atom. The van der Waals surface area contributed by atoms with Crippen LogP contribution in [0.25, 0.3) is 0 Å². The van der Waals surface area contributed by atoms with Crippen LogP contribution in [0.1, 0.15) is 21.7 Å². The first-order chi connectivity index (χ1) is 11.0. The van der Waals surface area contributed by atoms with Crippen LogP contribution in [0.4, 0.5) is 0 Å². The van der Waals surface area contributed by atoms with Crippen molar-refractivity contribution in [2.75, 3.05) is 12.8 Å². The molecule has 1 heterocycles. The molecule has 1 aromatic heterocycles. The molecule has 2 N–H and O–H groups in total. The average Bonchev–Trinajstić information content (AvgIpc) is 3.00. The highest BCUT2D eigenvalue weighted by atomic mass is 32.2. The van der Waals surface area contributed by atoms with Gasteiger partial charge in [-0.15, -0.1) is 0 Å². The Balaban J connectivity index is 1.97. The third kappa shape index (κ3) is 4.89. The van der Waals surface area contributed by atoms with E-state index in [-0.39, 0.29) is 12.3 Å². The number of benzene rings is 1. The van der Waals surface area contributed by atoms with Crippen molar-refractivity contribution < 1.29 is 19.1 Å². The number of thioether (sulfide) groups is 1. The number of hydrogen-bond acceptors (Lipinski definition) is 4. The quantitative estimate of drug-likeness (QED) is 0.762. The van der Waals surface area contributed by atoms with Gasteiger partial charge in [0.15, 0.2) is 10.9 Å². The first-order valence-corrected chi connectivity index (χ1v) is 8.42. The molecule has 0 aliphatic carbocycles. The zero-order chi connectivity index (χ0) is 16.8. The van der Waals surface area contributed by atoms with Crippen molar-refractivity contribution in [1.82, 2.24) is 5.32 Å². The summed E-state index contributed by atoms with van der Waals surface area (Å²) < 4.78 is 5.32. The van der Waals surface area contributed by atoms with Crippen LogP contribution < -0.4 is 5.32 Å². The van der Waals surface area contributed by atoms with Crippen molar-refractivity contribution in [1.29, 1.82) is 0 Å². The second-order valence-corrected chi connectivity index (χ2v) is 6.07. The second-order valence-electron chi connectivity index (χ2n) is 5.26. The van der Waals surface area contributed by atoms with Gasteiger partial charge in [0.2, 0.25) is 0 Å². The first-order valence-electron chi connectivity index (χ1n) is 7.20. The molecule has 1 amide bonds. The topological polar surface area (TPSA) is 79.5 Å². The summed E-state index contributed by atoms with van der Waals surface area (Å²) in [6.07, 6.45) is 2.22. The van der Waals surface area contributed by atoms with Gasteiger partial charge in [-0.2, -0.15) is 0 Å². The molecule has 0 fully saturated rings. The van der Waals surface area contributed by atoms with Crippen molar-refractivity contribution in [3.63, 3.8) is 0 Å². The van der Waals surface area contributed by atoms with E-state index in [1.54, 1.807) is 12.1 Å². The van der Waals surface area contributed by atoms with Crippen molar-refractivity contribution >= 4 is 23.6 Å². The molecular formula is C17H19NO4S. The monoisotopic (exact) mass is 333 g/mol. The van der Waals surface area contributed by atoms with Gasteiger partial charge >= 0.3 is 5.97 Å². The summed E-state index contributed by atoms with van der Waals surface area (Å²) in [5.74, 6) is -1.83. The molecule has 0 saturated carbocycles. The SMILES string of the molecule is CSc1ccc(C(=O)NC[C@@H](Cc2cccc(C)c2)C(=O)O)o1. The third-order valence-electron chi connectivity index (χ3n) is 3.43. The smallest absolute Gasteiger partial charge is 0.308 e. The van der Waals surface area contributed by atoms with E-state index >= 15 is 0 Å². The molecule has 5 nitrogen and oxygen atoms in total. The summed E-state index contributed by atoms with van der Waals surface area (Å²) >= 11 is 1.40. The fourth-order valence-corrected chi connectivity index (χ4v) is 2.60. The minimum absolute atomic E-state index is 0.0530. The summed E-state index contributed by atoms with van der Waals surface area (Å²) in [5, 5.41) is 12.6. The predicted octanol–water partition coefficient (Wildman–Crippen LogP) is 2.98. The van der Waals surface area contributed by atoms with E-state index in [9.17, 15) is 14.7 Å². The van der Waals surface area contributed by atoms with E-state index in [0.29, 0.717) is 11.5 Å². The molecule has 0 bridgehead atoms.